The molecule has 0 aliphatic carbocycles. The predicted octanol–water partition coefficient (Wildman–Crippen LogP) is 3.85. The topological polar surface area (TPSA) is 65.5 Å². The first kappa shape index (κ1) is 19.8. The van der Waals surface area contributed by atoms with Crippen molar-refractivity contribution < 1.29 is 9.15 Å². The molecule has 2 N–H and O–H groups in total. The molecule has 0 saturated carbocycles. The fraction of sp³-hybridized carbons (Fsp3) is 0.400. The van der Waals surface area contributed by atoms with Gasteiger partial charge in [0.1, 0.15) is 16.4 Å². The van der Waals surface area contributed by atoms with Gasteiger partial charge in [0.2, 0.25) is 0 Å². The Kier molecular flexibility index (Phi) is 8.40. The van der Waals surface area contributed by atoms with E-state index in [1.165, 1.54) is 7.05 Å². The Morgan fingerprint density at radius 2 is 1.86 bits per heavy atom. The molecule has 0 aliphatic rings. The van der Waals surface area contributed by atoms with Gasteiger partial charge in [-0.1, -0.05) is 18.5 Å². The van der Waals surface area contributed by atoms with Gasteiger partial charge >= 0.3 is 5.63 Å². The van der Waals surface area contributed by atoms with Crippen molar-refractivity contribution in [2.24, 2.45) is 5.73 Å². The van der Waals surface area contributed by atoms with Gasteiger partial charge in [-0.3, -0.25) is 0 Å². The second-order valence-electron chi connectivity index (χ2n) is 4.24. The first-order valence-corrected chi connectivity index (χ1v) is 6.87. The largest absolute Gasteiger partial charge is 0.493 e. The maximum atomic E-state index is 11.6. The van der Waals surface area contributed by atoms with Crippen molar-refractivity contribution in [2.75, 3.05) is 13.7 Å². The van der Waals surface area contributed by atoms with E-state index < -0.39 is 5.63 Å². The molecule has 1 aromatic carbocycles. The Hall–Kier alpha value is -1.23. The lowest BCUT2D eigenvalue weighted by Gasteiger charge is -2.11. The van der Waals surface area contributed by atoms with E-state index in [2.05, 4.69) is 5.73 Å². The van der Waals surface area contributed by atoms with Crippen molar-refractivity contribution in [1.82, 2.24) is 0 Å². The Bertz CT molecular complexity index is 653. The normalized spacial score (nSPS) is 9.62. The molecule has 0 radical (unpaired) electrons. The molecular formula is C15H21Cl2NO3. The van der Waals surface area contributed by atoms with E-state index in [-0.39, 0.29) is 17.4 Å². The van der Waals surface area contributed by atoms with E-state index in [0.717, 1.165) is 28.7 Å². The maximum absolute atomic E-state index is 11.6. The van der Waals surface area contributed by atoms with Gasteiger partial charge in [0.15, 0.2) is 0 Å². The number of hydrogen-bond donors (Lipinski definition) is 1. The van der Waals surface area contributed by atoms with Crippen molar-refractivity contribution in [3.05, 3.63) is 38.7 Å². The highest BCUT2D eigenvalue weighted by molar-refractivity contribution is 6.31. The minimum atomic E-state index is -0.502. The first-order valence-electron chi connectivity index (χ1n) is 6.49. The highest BCUT2D eigenvalue weighted by Gasteiger charge is 2.13. The lowest BCUT2D eigenvalue weighted by Crippen LogP contribution is -2.04. The summed E-state index contributed by atoms with van der Waals surface area (Å²) in [5.74, 6) is 0.745. The molecule has 21 heavy (non-hydrogen) atoms. The molecule has 0 fully saturated rings. The fourth-order valence-electron chi connectivity index (χ4n) is 1.88. The first-order chi connectivity index (χ1) is 9.56. The van der Waals surface area contributed by atoms with Crippen LogP contribution < -0.4 is 16.1 Å². The number of fused-ring (bicyclic) bond motifs is 1. The average Bonchev–Trinajstić information content (AvgIpc) is 2.47. The van der Waals surface area contributed by atoms with Crippen LogP contribution >= 0.6 is 24.0 Å². The average molecular weight is 334 g/mol. The third-order valence-electron chi connectivity index (χ3n) is 2.93. The van der Waals surface area contributed by atoms with Gasteiger partial charge in [0.05, 0.1) is 6.61 Å². The SMILES string of the molecule is CCCOc1ccc2c(C)c(Cl)c(=O)oc2c1C.CN.Cl. The monoisotopic (exact) mass is 333 g/mol. The number of benzene rings is 1. The van der Waals surface area contributed by atoms with Crippen molar-refractivity contribution >= 4 is 35.0 Å². The molecule has 0 spiro atoms. The summed E-state index contributed by atoms with van der Waals surface area (Å²) in [5.41, 5.74) is 6.12. The fourth-order valence-corrected chi connectivity index (χ4v) is 2.02. The van der Waals surface area contributed by atoms with Crippen LogP contribution in [0.4, 0.5) is 0 Å². The molecule has 1 aromatic heterocycles. The van der Waals surface area contributed by atoms with Gasteiger partial charge in [-0.15, -0.1) is 12.4 Å². The molecule has 0 amide bonds. The van der Waals surface area contributed by atoms with Crippen LogP contribution in [0.5, 0.6) is 5.75 Å². The summed E-state index contributed by atoms with van der Waals surface area (Å²) in [7, 11) is 1.50. The second kappa shape index (κ2) is 8.93. The number of hydrogen-bond acceptors (Lipinski definition) is 4. The minimum Gasteiger partial charge on any atom is -0.493 e. The highest BCUT2D eigenvalue weighted by atomic mass is 35.5. The maximum Gasteiger partial charge on any atom is 0.355 e. The van der Waals surface area contributed by atoms with Crippen LogP contribution in [-0.2, 0) is 0 Å². The molecule has 2 rings (SSSR count). The predicted molar refractivity (Wildman–Crippen MR) is 90.1 cm³/mol. The molecule has 2 aromatic rings. The van der Waals surface area contributed by atoms with Crippen molar-refractivity contribution in [1.29, 1.82) is 0 Å². The molecule has 6 heteroatoms. The van der Waals surface area contributed by atoms with E-state index in [4.69, 9.17) is 20.8 Å². The van der Waals surface area contributed by atoms with Crippen molar-refractivity contribution in [3.63, 3.8) is 0 Å². The van der Waals surface area contributed by atoms with Crippen molar-refractivity contribution in [2.45, 2.75) is 27.2 Å². The van der Waals surface area contributed by atoms with E-state index in [0.29, 0.717) is 12.2 Å². The molecule has 0 saturated heterocycles. The van der Waals surface area contributed by atoms with Crippen LogP contribution in [-0.4, -0.2) is 13.7 Å². The van der Waals surface area contributed by atoms with Gasteiger partial charge in [0, 0.05) is 10.9 Å². The lowest BCUT2D eigenvalue weighted by molar-refractivity contribution is 0.315. The Labute approximate surface area is 135 Å². The Balaban J connectivity index is 0.00000128. The summed E-state index contributed by atoms with van der Waals surface area (Å²) in [6.07, 6.45) is 0.932. The standard InChI is InChI=1S/C14H15ClO3.CH5N.ClH/c1-4-7-17-11-6-5-10-8(2)12(15)14(16)18-13(10)9(11)3;1-2;/h5-6H,4,7H2,1-3H3;2H2,1H3;1H. The Morgan fingerprint density at radius 3 is 2.43 bits per heavy atom. The van der Waals surface area contributed by atoms with Crippen LogP contribution in [0.25, 0.3) is 11.0 Å². The van der Waals surface area contributed by atoms with Gasteiger partial charge < -0.3 is 14.9 Å². The van der Waals surface area contributed by atoms with Gasteiger partial charge in [-0.05, 0) is 45.0 Å². The van der Waals surface area contributed by atoms with Crippen molar-refractivity contribution in [3.8, 4) is 5.75 Å². The van der Waals surface area contributed by atoms with Crippen LogP contribution in [0.3, 0.4) is 0 Å². The molecule has 4 nitrogen and oxygen atoms in total. The molecule has 1 heterocycles. The van der Waals surface area contributed by atoms with Crippen LogP contribution in [0.15, 0.2) is 21.3 Å². The van der Waals surface area contributed by atoms with E-state index in [9.17, 15) is 4.79 Å². The zero-order valence-corrected chi connectivity index (χ0v) is 14.2. The van der Waals surface area contributed by atoms with Crippen LogP contribution in [0.1, 0.15) is 24.5 Å². The number of halogens is 2. The van der Waals surface area contributed by atoms with Crippen LogP contribution in [0.2, 0.25) is 5.02 Å². The smallest absolute Gasteiger partial charge is 0.355 e. The van der Waals surface area contributed by atoms with Gasteiger partial charge in [-0.25, -0.2) is 4.79 Å². The molecule has 0 unspecified atom stereocenters. The highest BCUT2D eigenvalue weighted by Crippen LogP contribution is 2.30. The Morgan fingerprint density at radius 1 is 1.24 bits per heavy atom. The van der Waals surface area contributed by atoms with Gasteiger partial charge in [0.25, 0.3) is 0 Å². The number of nitrogens with two attached hydrogens (primary N) is 1. The lowest BCUT2D eigenvalue weighted by atomic mass is 10.1. The van der Waals surface area contributed by atoms with E-state index in [1.807, 2.05) is 32.9 Å². The quantitative estimate of drug-likeness (QED) is 0.866. The molecule has 0 aliphatic heterocycles. The zero-order chi connectivity index (χ0) is 15.3. The summed E-state index contributed by atoms with van der Waals surface area (Å²) >= 11 is 5.89. The third-order valence-corrected chi connectivity index (χ3v) is 3.36. The number of aryl methyl sites for hydroxylation is 2. The third kappa shape index (κ3) is 4.13. The van der Waals surface area contributed by atoms with Gasteiger partial charge in [-0.2, -0.15) is 0 Å². The number of ether oxygens (including phenoxy) is 1. The number of rotatable bonds is 3. The zero-order valence-electron chi connectivity index (χ0n) is 12.7. The summed E-state index contributed by atoms with van der Waals surface area (Å²) in [4.78, 5) is 11.6. The molecular weight excluding hydrogens is 313 g/mol. The van der Waals surface area contributed by atoms with E-state index >= 15 is 0 Å². The second-order valence-corrected chi connectivity index (χ2v) is 4.62. The molecule has 0 bridgehead atoms. The molecule has 118 valence electrons. The molecule has 0 atom stereocenters. The summed E-state index contributed by atoms with van der Waals surface area (Å²) < 4.78 is 10.9. The van der Waals surface area contributed by atoms with E-state index in [1.54, 1.807) is 0 Å². The summed E-state index contributed by atoms with van der Waals surface area (Å²) in [6, 6.07) is 3.76. The summed E-state index contributed by atoms with van der Waals surface area (Å²) in [5, 5.41) is 0.991. The summed E-state index contributed by atoms with van der Waals surface area (Å²) in [6.45, 7) is 6.38. The minimum absolute atomic E-state index is 0. The van der Waals surface area contributed by atoms with Crippen LogP contribution in [0, 0.1) is 13.8 Å².